The molecular weight excluding hydrogens is 595 g/mol. The minimum Gasteiger partial charge on any atom is -0.357 e. The fourth-order valence-corrected chi connectivity index (χ4v) is 7.48. The molecule has 0 saturated carbocycles. The van der Waals surface area contributed by atoms with Crippen LogP contribution in [0.4, 0.5) is 0 Å². The molecule has 1 atom stereocenters. The highest BCUT2D eigenvalue weighted by atomic mass is 15.3. The normalized spacial score (nSPS) is 16.6. The van der Waals surface area contributed by atoms with Crippen molar-refractivity contribution in [2.24, 2.45) is 4.99 Å². The van der Waals surface area contributed by atoms with Gasteiger partial charge in [0, 0.05) is 13.0 Å². The van der Waals surface area contributed by atoms with Crippen molar-refractivity contribution >= 4 is 5.84 Å². The lowest BCUT2D eigenvalue weighted by Crippen LogP contribution is -2.48. The largest absolute Gasteiger partial charge is 0.357 e. The maximum absolute atomic E-state index is 5.50. The van der Waals surface area contributed by atoms with Crippen LogP contribution in [0, 0.1) is 0 Å². The molecule has 288 valence electrons. The molecule has 1 heterocycles. The summed E-state index contributed by atoms with van der Waals surface area (Å²) in [5.74, 6) is 1.39. The summed E-state index contributed by atoms with van der Waals surface area (Å²) in [6, 6.07) is 0. The van der Waals surface area contributed by atoms with Gasteiger partial charge in [0.15, 0.2) is 0 Å². The van der Waals surface area contributed by atoms with E-state index in [4.69, 9.17) is 4.99 Å². The lowest BCUT2D eigenvalue weighted by Gasteiger charge is -2.29. The van der Waals surface area contributed by atoms with Crippen molar-refractivity contribution in [3.8, 4) is 0 Å². The molecule has 1 N–H and O–H groups in total. The molecule has 0 spiro atoms. The standard InChI is InChI=1S/C46H89N3/c1-5-9-12-14-16-18-20-22-24-26-28-30-32-34-36-38-41-45-48-46(44-49(45)8-4,47-43-40-11-7-3)42-39-37-35-33-31-29-27-25-23-21-19-17-15-13-10-6-2/h22-25,47H,5-21,26-44H2,1-4H3/b24-22-,25-23-. The number of likely N-dealkylation sites (N-methyl/N-ethyl adjacent to an activating group) is 1. The molecule has 49 heavy (non-hydrogen) atoms. The number of hydrogen-bond acceptors (Lipinski definition) is 3. The number of allylic oxidation sites excluding steroid dienone is 4. The molecule has 0 aliphatic carbocycles. The van der Waals surface area contributed by atoms with Gasteiger partial charge in [-0.2, -0.15) is 0 Å². The third-order valence-electron chi connectivity index (χ3n) is 10.8. The maximum Gasteiger partial charge on any atom is 0.130 e. The summed E-state index contributed by atoms with van der Waals surface area (Å²) in [6.07, 6.45) is 54.4. The van der Waals surface area contributed by atoms with Gasteiger partial charge in [-0.1, -0.05) is 173 Å². The second-order valence-electron chi connectivity index (χ2n) is 15.6. The molecule has 0 aromatic carbocycles. The van der Waals surface area contributed by atoms with Gasteiger partial charge in [-0.15, -0.1) is 0 Å². The number of rotatable bonds is 38. The van der Waals surface area contributed by atoms with E-state index in [2.05, 4.69) is 62.2 Å². The van der Waals surface area contributed by atoms with Gasteiger partial charge in [-0.3, -0.25) is 5.32 Å². The molecule has 0 saturated heterocycles. The Morgan fingerprint density at radius 1 is 0.490 bits per heavy atom. The van der Waals surface area contributed by atoms with Gasteiger partial charge in [0.05, 0.1) is 6.54 Å². The Labute approximate surface area is 309 Å². The predicted molar refractivity (Wildman–Crippen MR) is 223 cm³/mol. The quantitative estimate of drug-likeness (QED) is 0.0518. The van der Waals surface area contributed by atoms with Crippen molar-refractivity contribution in [2.75, 3.05) is 19.6 Å². The highest BCUT2D eigenvalue weighted by Gasteiger charge is 2.37. The summed E-state index contributed by atoms with van der Waals surface area (Å²) in [7, 11) is 0. The first kappa shape index (κ1) is 45.9. The molecule has 1 aliphatic rings. The molecule has 1 aliphatic heterocycles. The molecule has 1 unspecified atom stereocenters. The average molecular weight is 684 g/mol. The topological polar surface area (TPSA) is 27.6 Å². The fraction of sp³-hybridized carbons (Fsp3) is 0.891. The highest BCUT2D eigenvalue weighted by Crippen LogP contribution is 2.28. The van der Waals surface area contributed by atoms with Gasteiger partial charge in [0.1, 0.15) is 11.5 Å². The Bertz CT molecular complexity index is 770. The zero-order chi connectivity index (χ0) is 35.4. The number of unbranched alkanes of at least 4 members (excludes halogenated alkanes) is 26. The van der Waals surface area contributed by atoms with E-state index in [0.717, 1.165) is 19.6 Å². The van der Waals surface area contributed by atoms with Crippen LogP contribution in [0.2, 0.25) is 0 Å². The van der Waals surface area contributed by atoms with Crippen molar-refractivity contribution in [3.05, 3.63) is 24.3 Å². The summed E-state index contributed by atoms with van der Waals surface area (Å²) in [4.78, 5) is 8.10. The first-order chi connectivity index (χ1) is 24.2. The van der Waals surface area contributed by atoms with Crippen molar-refractivity contribution < 1.29 is 0 Å². The van der Waals surface area contributed by atoms with Crippen molar-refractivity contribution in [1.82, 2.24) is 10.2 Å². The Morgan fingerprint density at radius 2 is 0.878 bits per heavy atom. The van der Waals surface area contributed by atoms with E-state index in [1.807, 2.05) is 0 Å². The van der Waals surface area contributed by atoms with Gasteiger partial charge < -0.3 is 4.90 Å². The average Bonchev–Trinajstić information content (AvgIpc) is 3.47. The lowest BCUT2D eigenvalue weighted by atomic mass is 10.00. The Balaban J connectivity index is 2.24. The number of amidine groups is 1. The Morgan fingerprint density at radius 3 is 1.33 bits per heavy atom. The monoisotopic (exact) mass is 684 g/mol. The third-order valence-corrected chi connectivity index (χ3v) is 10.8. The van der Waals surface area contributed by atoms with E-state index in [-0.39, 0.29) is 5.66 Å². The van der Waals surface area contributed by atoms with Crippen LogP contribution < -0.4 is 5.32 Å². The molecular formula is C46H89N3. The molecule has 1 rings (SSSR count). The number of aliphatic imine (C=N–C) groups is 1. The number of nitrogens with zero attached hydrogens (tertiary/aromatic N) is 2. The summed E-state index contributed by atoms with van der Waals surface area (Å²) < 4.78 is 0. The highest BCUT2D eigenvalue weighted by molar-refractivity contribution is 5.84. The van der Waals surface area contributed by atoms with Crippen LogP contribution in [-0.2, 0) is 0 Å². The Kier molecular flexibility index (Phi) is 33.1. The second-order valence-corrected chi connectivity index (χ2v) is 15.6. The van der Waals surface area contributed by atoms with Crippen LogP contribution in [0.1, 0.15) is 240 Å². The van der Waals surface area contributed by atoms with Gasteiger partial charge >= 0.3 is 0 Å². The zero-order valence-corrected chi connectivity index (χ0v) is 34.2. The SMILES string of the molecule is CCCCCCCC/C=C\CCCCCCCCC1=NC(CCCCCCCC/C=C\CCCCCCCC)(NCCCCC)CN1CC. The smallest absolute Gasteiger partial charge is 0.130 e. The van der Waals surface area contributed by atoms with Crippen LogP contribution in [-0.4, -0.2) is 36.0 Å². The summed E-state index contributed by atoms with van der Waals surface area (Å²) in [5.41, 5.74) is -0.0392. The molecule has 0 amide bonds. The van der Waals surface area contributed by atoms with Gasteiger partial charge in [-0.25, -0.2) is 4.99 Å². The van der Waals surface area contributed by atoms with E-state index < -0.39 is 0 Å². The van der Waals surface area contributed by atoms with Gasteiger partial charge in [0.2, 0.25) is 0 Å². The van der Waals surface area contributed by atoms with Crippen molar-refractivity contribution in [1.29, 1.82) is 0 Å². The van der Waals surface area contributed by atoms with E-state index in [9.17, 15) is 0 Å². The van der Waals surface area contributed by atoms with E-state index in [1.54, 1.807) is 0 Å². The van der Waals surface area contributed by atoms with E-state index in [0.29, 0.717) is 0 Å². The molecule has 0 aromatic heterocycles. The summed E-state index contributed by atoms with van der Waals surface area (Å²) in [5, 5.41) is 3.99. The first-order valence-electron chi connectivity index (χ1n) is 22.6. The first-order valence-corrected chi connectivity index (χ1v) is 22.6. The van der Waals surface area contributed by atoms with Crippen LogP contribution in [0.15, 0.2) is 29.3 Å². The molecule has 3 nitrogen and oxygen atoms in total. The second kappa shape index (κ2) is 35.3. The fourth-order valence-electron chi connectivity index (χ4n) is 7.48. The van der Waals surface area contributed by atoms with E-state index in [1.165, 1.54) is 218 Å². The maximum atomic E-state index is 5.50. The number of hydrogen-bond donors (Lipinski definition) is 1. The van der Waals surface area contributed by atoms with Crippen molar-refractivity contribution in [3.63, 3.8) is 0 Å². The van der Waals surface area contributed by atoms with Crippen LogP contribution in [0.3, 0.4) is 0 Å². The molecule has 3 heteroatoms. The number of nitrogens with one attached hydrogen (secondary N) is 1. The van der Waals surface area contributed by atoms with Gasteiger partial charge in [-0.05, 0) is 90.5 Å². The molecule has 0 radical (unpaired) electrons. The predicted octanol–water partition coefficient (Wildman–Crippen LogP) is 15.1. The summed E-state index contributed by atoms with van der Waals surface area (Å²) in [6.45, 7) is 12.5. The van der Waals surface area contributed by atoms with Crippen LogP contribution >= 0.6 is 0 Å². The molecule has 0 fully saturated rings. The molecule has 0 bridgehead atoms. The minimum absolute atomic E-state index is 0.0392. The van der Waals surface area contributed by atoms with Crippen molar-refractivity contribution in [2.45, 2.75) is 245 Å². The van der Waals surface area contributed by atoms with Gasteiger partial charge in [0.25, 0.3) is 0 Å². The molecule has 0 aromatic rings. The summed E-state index contributed by atoms with van der Waals surface area (Å²) >= 11 is 0. The van der Waals surface area contributed by atoms with E-state index >= 15 is 0 Å². The zero-order valence-electron chi connectivity index (χ0n) is 34.2. The Hall–Kier alpha value is -1.09. The van der Waals surface area contributed by atoms with Crippen LogP contribution in [0.5, 0.6) is 0 Å². The lowest BCUT2D eigenvalue weighted by molar-refractivity contribution is 0.264. The van der Waals surface area contributed by atoms with Crippen LogP contribution in [0.25, 0.3) is 0 Å². The third kappa shape index (κ3) is 27.3. The minimum atomic E-state index is -0.0392.